The molecule has 1 aromatic carbocycles. The second-order valence-electron chi connectivity index (χ2n) is 8.88. The van der Waals surface area contributed by atoms with E-state index in [0.29, 0.717) is 29.8 Å². The predicted molar refractivity (Wildman–Crippen MR) is 107 cm³/mol. The molecule has 6 nitrogen and oxygen atoms in total. The Labute approximate surface area is 167 Å². The van der Waals surface area contributed by atoms with Crippen LogP contribution < -0.4 is 14.8 Å². The number of nitrogens with one attached hydrogen (secondary N) is 1. The first-order chi connectivity index (χ1) is 13.5. The summed E-state index contributed by atoms with van der Waals surface area (Å²) in [4.78, 5) is 4.60. The number of aromatic nitrogens is 2. The molecule has 2 atom stereocenters. The molecule has 0 radical (unpaired) electrons. The Morgan fingerprint density at radius 2 is 1.79 bits per heavy atom. The van der Waals surface area contributed by atoms with Gasteiger partial charge in [0.1, 0.15) is 0 Å². The molecule has 2 aromatic rings. The quantitative estimate of drug-likeness (QED) is 0.792. The molecule has 0 aliphatic heterocycles. The van der Waals surface area contributed by atoms with E-state index in [1.165, 1.54) is 32.1 Å². The first-order valence-corrected chi connectivity index (χ1v) is 10.3. The van der Waals surface area contributed by atoms with Crippen LogP contribution in [0.5, 0.6) is 11.5 Å². The van der Waals surface area contributed by atoms with Crippen molar-refractivity contribution in [1.82, 2.24) is 15.5 Å². The van der Waals surface area contributed by atoms with Crippen molar-refractivity contribution in [2.24, 2.45) is 17.8 Å². The molecule has 1 heterocycles. The zero-order chi connectivity index (χ0) is 19.7. The molecular weight excluding hydrogens is 354 g/mol. The lowest BCUT2D eigenvalue weighted by atomic mass is 9.61. The Morgan fingerprint density at radius 3 is 2.46 bits per heavy atom. The standard InChI is InChI=1S/C22H31N3O3/c1-14-7-16-8-15(2)11-22(10-14,12-16)23-13-20-24-21(25-28-20)17-5-6-18(26-3)19(9-17)27-4/h5-6,9,14-16,23H,7-8,10-13H2,1-4H3. The summed E-state index contributed by atoms with van der Waals surface area (Å²) in [5.41, 5.74) is 1.07. The summed E-state index contributed by atoms with van der Waals surface area (Å²) < 4.78 is 16.2. The number of methoxy groups -OCH3 is 2. The van der Waals surface area contributed by atoms with Gasteiger partial charge in [-0.2, -0.15) is 4.98 Å². The van der Waals surface area contributed by atoms with Crippen LogP contribution in [0, 0.1) is 17.8 Å². The van der Waals surface area contributed by atoms with E-state index in [0.717, 1.165) is 23.3 Å². The van der Waals surface area contributed by atoms with Crippen molar-refractivity contribution in [2.75, 3.05) is 14.2 Å². The van der Waals surface area contributed by atoms with E-state index in [2.05, 4.69) is 29.3 Å². The molecule has 1 aromatic heterocycles. The fourth-order valence-corrected chi connectivity index (χ4v) is 5.60. The van der Waals surface area contributed by atoms with Crippen LogP contribution in [0.2, 0.25) is 0 Å². The van der Waals surface area contributed by atoms with E-state index >= 15 is 0 Å². The highest BCUT2D eigenvalue weighted by Crippen LogP contribution is 2.47. The Morgan fingerprint density at radius 1 is 1.07 bits per heavy atom. The highest BCUT2D eigenvalue weighted by Gasteiger charge is 2.43. The van der Waals surface area contributed by atoms with Gasteiger partial charge in [-0.3, -0.25) is 0 Å². The molecule has 6 heteroatoms. The lowest BCUT2D eigenvalue weighted by molar-refractivity contribution is 0.0521. The van der Waals surface area contributed by atoms with Crippen LogP contribution >= 0.6 is 0 Å². The molecule has 2 aliphatic rings. The maximum Gasteiger partial charge on any atom is 0.240 e. The van der Waals surface area contributed by atoms with Gasteiger partial charge in [0.15, 0.2) is 11.5 Å². The summed E-state index contributed by atoms with van der Waals surface area (Å²) in [5.74, 6) is 4.96. The Bertz CT molecular complexity index is 800. The third-order valence-corrected chi connectivity index (χ3v) is 6.35. The summed E-state index contributed by atoms with van der Waals surface area (Å²) in [6.07, 6.45) is 6.50. The molecule has 1 N–H and O–H groups in total. The Balaban J connectivity index is 1.46. The average Bonchev–Trinajstić information content (AvgIpc) is 3.14. The highest BCUT2D eigenvalue weighted by molar-refractivity contribution is 5.60. The van der Waals surface area contributed by atoms with Crippen molar-refractivity contribution in [1.29, 1.82) is 0 Å². The van der Waals surface area contributed by atoms with Gasteiger partial charge in [0.05, 0.1) is 20.8 Å². The maximum atomic E-state index is 5.53. The number of nitrogens with zero attached hydrogens (tertiary/aromatic N) is 2. The van der Waals surface area contributed by atoms with Gasteiger partial charge >= 0.3 is 0 Å². The first kappa shape index (κ1) is 19.2. The smallest absolute Gasteiger partial charge is 0.240 e. The van der Waals surface area contributed by atoms with Crippen LogP contribution in [0.4, 0.5) is 0 Å². The minimum Gasteiger partial charge on any atom is -0.493 e. The number of benzene rings is 1. The van der Waals surface area contributed by atoms with Gasteiger partial charge < -0.3 is 19.3 Å². The number of hydrogen-bond acceptors (Lipinski definition) is 6. The highest BCUT2D eigenvalue weighted by atomic mass is 16.5. The minimum atomic E-state index is 0.220. The average molecular weight is 386 g/mol. The van der Waals surface area contributed by atoms with Gasteiger partial charge in [-0.1, -0.05) is 19.0 Å². The third kappa shape index (κ3) is 3.88. The van der Waals surface area contributed by atoms with Crippen molar-refractivity contribution in [3.8, 4) is 22.9 Å². The van der Waals surface area contributed by atoms with Gasteiger partial charge in [-0.15, -0.1) is 0 Å². The van der Waals surface area contributed by atoms with E-state index in [4.69, 9.17) is 14.0 Å². The third-order valence-electron chi connectivity index (χ3n) is 6.35. The predicted octanol–water partition coefficient (Wildman–Crippen LogP) is 4.45. The molecule has 2 aliphatic carbocycles. The van der Waals surface area contributed by atoms with Crippen molar-refractivity contribution in [3.05, 3.63) is 24.1 Å². The van der Waals surface area contributed by atoms with E-state index in [1.54, 1.807) is 14.2 Å². The van der Waals surface area contributed by atoms with Gasteiger partial charge in [0, 0.05) is 11.1 Å². The summed E-state index contributed by atoms with van der Waals surface area (Å²) >= 11 is 0. The molecule has 0 amide bonds. The number of fused-ring (bicyclic) bond motifs is 2. The number of ether oxygens (including phenoxy) is 2. The molecule has 2 saturated carbocycles. The van der Waals surface area contributed by atoms with Gasteiger partial charge in [0.2, 0.25) is 11.7 Å². The second-order valence-corrected chi connectivity index (χ2v) is 8.88. The monoisotopic (exact) mass is 385 g/mol. The fraction of sp³-hybridized carbons (Fsp3) is 0.636. The van der Waals surface area contributed by atoms with Crippen molar-refractivity contribution >= 4 is 0 Å². The minimum absolute atomic E-state index is 0.220. The van der Waals surface area contributed by atoms with E-state index in [1.807, 2.05) is 18.2 Å². The molecule has 28 heavy (non-hydrogen) atoms. The van der Waals surface area contributed by atoms with Crippen molar-refractivity contribution < 1.29 is 14.0 Å². The van der Waals surface area contributed by atoms with Crippen LogP contribution in [0.25, 0.3) is 11.4 Å². The van der Waals surface area contributed by atoms with E-state index in [9.17, 15) is 0 Å². The van der Waals surface area contributed by atoms with Crippen LogP contribution in [0.15, 0.2) is 22.7 Å². The number of rotatable bonds is 6. The Kier molecular flexibility index (Phi) is 5.32. The zero-order valence-electron chi connectivity index (χ0n) is 17.3. The molecule has 0 spiro atoms. The molecular formula is C22H31N3O3. The first-order valence-electron chi connectivity index (χ1n) is 10.3. The van der Waals surface area contributed by atoms with Gasteiger partial charge in [0.25, 0.3) is 0 Å². The van der Waals surface area contributed by atoms with Gasteiger partial charge in [-0.25, -0.2) is 0 Å². The van der Waals surface area contributed by atoms with E-state index in [-0.39, 0.29) is 5.54 Å². The number of hydrogen-bond donors (Lipinski definition) is 1. The Hall–Kier alpha value is -2.08. The zero-order valence-corrected chi connectivity index (χ0v) is 17.3. The summed E-state index contributed by atoms with van der Waals surface area (Å²) in [6.45, 7) is 5.40. The van der Waals surface area contributed by atoms with Crippen molar-refractivity contribution in [3.63, 3.8) is 0 Å². The summed E-state index contributed by atoms with van der Waals surface area (Å²) in [5, 5.41) is 7.97. The van der Waals surface area contributed by atoms with Crippen molar-refractivity contribution in [2.45, 2.75) is 58.0 Å². The van der Waals surface area contributed by atoms with Crippen LogP contribution in [-0.4, -0.2) is 29.9 Å². The summed E-state index contributed by atoms with van der Waals surface area (Å²) in [6, 6.07) is 5.64. The lowest BCUT2D eigenvalue weighted by Gasteiger charge is -2.50. The lowest BCUT2D eigenvalue weighted by Crippen LogP contribution is -2.54. The SMILES string of the molecule is COc1ccc(-c2noc(CNC34CC(C)CC(CC(C)C3)C4)n2)cc1OC. The van der Waals surface area contributed by atoms with E-state index < -0.39 is 0 Å². The molecule has 0 saturated heterocycles. The maximum absolute atomic E-state index is 5.53. The van der Waals surface area contributed by atoms with Crippen LogP contribution in [0.1, 0.15) is 51.8 Å². The molecule has 152 valence electrons. The molecule has 4 rings (SSSR count). The topological polar surface area (TPSA) is 69.4 Å². The molecule has 2 bridgehead atoms. The fourth-order valence-electron chi connectivity index (χ4n) is 5.60. The molecule has 2 fully saturated rings. The molecule has 2 unspecified atom stereocenters. The second kappa shape index (κ2) is 7.74. The summed E-state index contributed by atoms with van der Waals surface area (Å²) in [7, 11) is 3.24. The normalized spacial score (nSPS) is 29.5. The largest absolute Gasteiger partial charge is 0.493 e. The van der Waals surface area contributed by atoms with Crippen LogP contribution in [0.3, 0.4) is 0 Å². The van der Waals surface area contributed by atoms with Gasteiger partial charge in [-0.05, 0) is 68.1 Å². The van der Waals surface area contributed by atoms with Crippen LogP contribution in [-0.2, 0) is 6.54 Å².